The average molecular weight is 409 g/mol. The summed E-state index contributed by atoms with van der Waals surface area (Å²) in [5.74, 6) is 0. The molecule has 0 nitrogen and oxygen atoms in total. The summed E-state index contributed by atoms with van der Waals surface area (Å²) in [6.45, 7) is 10.4. The van der Waals surface area contributed by atoms with Gasteiger partial charge in [-0.25, -0.2) is 0 Å². The molecule has 0 bridgehead atoms. The standard InChI is InChI=1S/2C5H5.2C2H6Si.2ClH.Zr/c2*1-2-4-5-3-1;2*1-3-2;;;/h2*1-3H,4H2;2*1-2H3;2*1H;/q;;;;;;+2/p-2. The van der Waals surface area contributed by atoms with E-state index >= 15 is 0 Å². The van der Waals surface area contributed by atoms with E-state index in [2.05, 4.69) is 62.6 Å². The Balaban J connectivity index is 0.00000162. The van der Waals surface area contributed by atoms with Gasteiger partial charge < -0.3 is 24.8 Å². The van der Waals surface area contributed by atoms with Crippen molar-refractivity contribution in [3.8, 4) is 0 Å². The van der Waals surface area contributed by atoms with Crippen molar-refractivity contribution < 1.29 is 42.3 Å². The smallest absolute Gasteiger partial charge is 1.00 e. The first-order valence-electron chi connectivity index (χ1n) is 6.43. The van der Waals surface area contributed by atoms with Gasteiger partial charge in [-0.05, 0) is 0 Å². The zero-order valence-electron chi connectivity index (χ0n) is 12.1. The van der Waals surface area contributed by atoms with E-state index in [-0.39, 0.29) is 35.7 Å². The second kappa shape index (κ2) is 8.34. The molecule has 0 amide bonds. The number of halogens is 2. The third kappa shape index (κ3) is 3.55. The maximum Gasteiger partial charge on any atom is -1.00 e. The van der Waals surface area contributed by atoms with E-state index in [0.29, 0.717) is 0 Å². The van der Waals surface area contributed by atoms with Gasteiger partial charge in [0.05, 0.1) is 0 Å². The number of allylic oxidation sites excluding steroid dienone is 8. The van der Waals surface area contributed by atoms with Crippen molar-refractivity contribution in [1.82, 2.24) is 0 Å². The van der Waals surface area contributed by atoms with Gasteiger partial charge in [-0.15, -0.1) is 0 Å². The largest absolute Gasteiger partial charge is 1.00 e. The van der Waals surface area contributed by atoms with Gasteiger partial charge >= 0.3 is 110 Å². The molecule has 19 heavy (non-hydrogen) atoms. The van der Waals surface area contributed by atoms with E-state index < -0.39 is 17.5 Å². The Hall–Kier alpha value is 0.857. The first kappa shape index (κ1) is 19.9. The maximum absolute atomic E-state index is 2.59. The molecule has 0 aromatic carbocycles. The minimum atomic E-state index is -2.18. The quantitative estimate of drug-likeness (QED) is 0.480. The second-order valence-corrected chi connectivity index (χ2v) is 42.8. The molecule has 0 aliphatic heterocycles. The topological polar surface area (TPSA) is 0 Å². The Bertz CT molecular complexity index is 523. The summed E-state index contributed by atoms with van der Waals surface area (Å²) in [5, 5.41) is 0. The zero-order valence-corrected chi connectivity index (χ0v) is 18.1. The fraction of sp³-hybridized carbons (Fsp3) is 0.429. The number of hydrogen-bond donors (Lipinski definition) is 0. The molecule has 0 atom stereocenters. The first-order chi connectivity index (χ1) is 8.10. The summed E-state index contributed by atoms with van der Waals surface area (Å²) in [4.78, 5) is 0. The SMILES string of the molecule is C[Si](C)=[Zr+2]([C]1=CC=CC1)([C]1=CC=CC1)=[Si](C)C.[Cl-].[Cl-]. The van der Waals surface area contributed by atoms with Gasteiger partial charge in [-0.1, -0.05) is 0 Å². The molecule has 0 spiro atoms. The predicted molar refractivity (Wildman–Crippen MR) is 78.6 cm³/mol. The van der Waals surface area contributed by atoms with Gasteiger partial charge in [-0.3, -0.25) is 0 Å². The Morgan fingerprint density at radius 3 is 1.37 bits per heavy atom. The summed E-state index contributed by atoms with van der Waals surface area (Å²) in [5.41, 5.74) is -0.318. The normalized spacial score (nSPS) is 14.7. The van der Waals surface area contributed by atoms with Crippen LogP contribution < -0.4 is 24.8 Å². The third-order valence-electron chi connectivity index (χ3n) is 4.01. The van der Waals surface area contributed by atoms with E-state index in [1.165, 1.54) is 12.8 Å². The van der Waals surface area contributed by atoms with Gasteiger partial charge in [0, 0.05) is 0 Å². The molecule has 0 unspecified atom stereocenters. The monoisotopic (exact) mass is 406 g/mol. The average Bonchev–Trinajstić information content (AvgIpc) is 2.88. The van der Waals surface area contributed by atoms with Crippen molar-refractivity contribution in [2.24, 2.45) is 0 Å². The van der Waals surface area contributed by atoms with Crippen molar-refractivity contribution in [2.75, 3.05) is 0 Å². The van der Waals surface area contributed by atoms with Crippen LogP contribution in [0.15, 0.2) is 43.0 Å². The van der Waals surface area contributed by atoms with Gasteiger partial charge in [-0.2, -0.15) is 0 Å². The van der Waals surface area contributed by atoms with Gasteiger partial charge in [0.15, 0.2) is 0 Å². The molecule has 0 saturated heterocycles. The molecule has 0 N–H and O–H groups in total. The zero-order chi connectivity index (χ0) is 12.5. The predicted octanol–water partition coefficient (Wildman–Crippen LogP) is -1.66. The minimum Gasteiger partial charge on any atom is -1.00 e. The van der Waals surface area contributed by atoms with E-state index in [9.17, 15) is 0 Å². The Kier molecular flexibility index (Phi) is 8.71. The van der Waals surface area contributed by atoms with Gasteiger partial charge in [0.25, 0.3) is 0 Å². The van der Waals surface area contributed by atoms with Crippen LogP contribution in [-0.2, 0) is 17.5 Å². The van der Waals surface area contributed by atoms with Crippen LogP contribution in [0, 0.1) is 0 Å². The summed E-state index contributed by atoms with van der Waals surface area (Å²) < 4.78 is 3.82. The van der Waals surface area contributed by atoms with E-state index in [4.69, 9.17) is 0 Å². The molecule has 5 heteroatoms. The molecule has 0 aromatic heterocycles. The first-order valence-corrected chi connectivity index (χ1v) is 21.3. The van der Waals surface area contributed by atoms with Crippen LogP contribution in [0.25, 0.3) is 0 Å². The van der Waals surface area contributed by atoms with Crippen LogP contribution in [0.1, 0.15) is 12.8 Å². The summed E-state index contributed by atoms with van der Waals surface area (Å²) >= 11 is -2.18. The molecule has 2 rings (SSSR count). The molecular weight excluding hydrogens is 386 g/mol. The van der Waals surface area contributed by atoms with Gasteiger partial charge in [0.2, 0.25) is 0 Å². The van der Waals surface area contributed by atoms with Crippen LogP contribution in [0.3, 0.4) is 0 Å². The molecule has 0 radical (unpaired) electrons. The van der Waals surface area contributed by atoms with Crippen LogP contribution in [-0.4, -0.2) is 10.9 Å². The Labute approximate surface area is 134 Å². The van der Waals surface area contributed by atoms with Crippen LogP contribution in [0.5, 0.6) is 0 Å². The number of hydrogen-bond acceptors (Lipinski definition) is 0. The summed E-state index contributed by atoms with van der Waals surface area (Å²) in [7, 11) is 0. The fourth-order valence-electron chi connectivity index (χ4n) is 3.44. The molecule has 104 valence electrons. The Morgan fingerprint density at radius 2 is 1.16 bits per heavy atom. The van der Waals surface area contributed by atoms with Crippen molar-refractivity contribution >= 4 is 10.9 Å². The van der Waals surface area contributed by atoms with E-state index in [0.717, 1.165) is 0 Å². The van der Waals surface area contributed by atoms with Crippen LogP contribution >= 0.6 is 0 Å². The fourth-order valence-corrected chi connectivity index (χ4v) is 60.3. The van der Waals surface area contributed by atoms with Gasteiger partial charge in [0.1, 0.15) is 0 Å². The molecule has 2 aliphatic carbocycles. The second-order valence-electron chi connectivity index (χ2n) is 5.40. The minimum absolute atomic E-state index is 0. The van der Waals surface area contributed by atoms with Crippen molar-refractivity contribution in [3.05, 3.63) is 43.0 Å². The number of rotatable bonds is 2. The van der Waals surface area contributed by atoms with Crippen LogP contribution in [0.4, 0.5) is 0 Å². The van der Waals surface area contributed by atoms with Crippen molar-refractivity contribution in [2.45, 2.75) is 39.0 Å². The molecule has 0 fully saturated rings. The van der Waals surface area contributed by atoms with Crippen molar-refractivity contribution in [1.29, 1.82) is 0 Å². The van der Waals surface area contributed by atoms with E-state index in [1.54, 1.807) is 0 Å². The summed E-state index contributed by atoms with van der Waals surface area (Å²) in [6, 6.07) is 0. The van der Waals surface area contributed by atoms with Crippen LogP contribution in [0.2, 0.25) is 26.2 Å². The molecular formula is C14H22Cl2Si2Zr. The van der Waals surface area contributed by atoms with Crippen molar-refractivity contribution in [3.63, 3.8) is 0 Å². The van der Waals surface area contributed by atoms with E-state index in [1.807, 2.05) is 6.56 Å². The molecule has 0 heterocycles. The summed E-state index contributed by atoms with van der Waals surface area (Å²) in [6.07, 6.45) is 16.9. The Morgan fingerprint density at radius 1 is 0.789 bits per heavy atom. The third-order valence-corrected chi connectivity index (χ3v) is 61.0. The maximum atomic E-state index is 2.59. The molecule has 0 saturated carbocycles. The molecule has 0 aromatic rings. The molecule has 2 aliphatic rings.